The van der Waals surface area contributed by atoms with E-state index in [0.29, 0.717) is 6.61 Å². The third kappa shape index (κ3) is 6.88. The van der Waals surface area contributed by atoms with Crippen LogP contribution in [0, 0.1) is 11.8 Å². The quantitative estimate of drug-likeness (QED) is 0.202. The summed E-state index contributed by atoms with van der Waals surface area (Å²) < 4.78 is 11.7. The summed E-state index contributed by atoms with van der Waals surface area (Å²) in [5.41, 5.74) is 3.14. The summed E-state index contributed by atoms with van der Waals surface area (Å²) in [5.74, 6) is -1.57. The molecule has 0 aliphatic carbocycles. The van der Waals surface area contributed by atoms with Crippen molar-refractivity contribution in [2.75, 3.05) is 13.2 Å². The number of ketones is 1. The summed E-state index contributed by atoms with van der Waals surface area (Å²) in [6.07, 6.45) is 0.209. The molecule has 2 unspecified atom stereocenters. The van der Waals surface area contributed by atoms with E-state index in [2.05, 4.69) is 32.9 Å². The summed E-state index contributed by atoms with van der Waals surface area (Å²) in [4.78, 5) is 25.9. The van der Waals surface area contributed by atoms with E-state index in [1.807, 2.05) is 49.4 Å². The molecular weight excluding hydrogens is 416 g/mol. The number of carbonyl (C=O) groups excluding carboxylic acids is 2. The Labute approximate surface area is 194 Å². The van der Waals surface area contributed by atoms with Crippen LogP contribution in [0.3, 0.4) is 0 Å². The minimum Gasteiger partial charge on any atom is -0.465 e. The number of rotatable bonds is 13. The van der Waals surface area contributed by atoms with E-state index in [-0.39, 0.29) is 24.7 Å². The van der Waals surface area contributed by atoms with E-state index in [0.717, 1.165) is 34.8 Å². The fourth-order valence-electron chi connectivity index (χ4n) is 4.13. The van der Waals surface area contributed by atoms with Crippen LogP contribution in [0.4, 0.5) is 0 Å². The lowest BCUT2D eigenvalue weighted by Gasteiger charge is -2.31. The van der Waals surface area contributed by atoms with E-state index in [4.69, 9.17) is 9.16 Å². The highest BCUT2D eigenvalue weighted by Gasteiger charge is 2.36. The number of benzene rings is 2. The summed E-state index contributed by atoms with van der Waals surface area (Å²) in [6.45, 7) is 10.9. The van der Waals surface area contributed by atoms with Gasteiger partial charge in [-0.05, 0) is 47.7 Å². The molecular formula is C27H38O4Si. The Morgan fingerprint density at radius 1 is 0.844 bits per heavy atom. The van der Waals surface area contributed by atoms with Gasteiger partial charge < -0.3 is 9.16 Å². The van der Waals surface area contributed by atoms with E-state index >= 15 is 0 Å². The number of hydrogen-bond donors (Lipinski definition) is 0. The first-order valence-corrected chi connectivity index (χ1v) is 14.4. The molecule has 2 aromatic rings. The fraction of sp³-hybridized carbons (Fsp3) is 0.481. The highest BCUT2D eigenvalue weighted by molar-refractivity contribution is 6.73. The van der Waals surface area contributed by atoms with E-state index in [1.54, 1.807) is 6.92 Å². The maximum Gasteiger partial charge on any atom is 0.316 e. The van der Waals surface area contributed by atoms with E-state index in [9.17, 15) is 9.59 Å². The van der Waals surface area contributed by atoms with E-state index < -0.39 is 20.2 Å². The molecule has 0 aliphatic heterocycles. The number of Topliss-reactive ketones (excluding diaryl/α,β-unsaturated/α-hetero) is 1. The van der Waals surface area contributed by atoms with Crippen molar-refractivity contribution in [1.82, 2.24) is 0 Å². The first kappa shape index (κ1) is 26.0. The molecule has 2 rings (SSSR count). The van der Waals surface area contributed by atoms with Crippen LogP contribution in [0.2, 0.25) is 18.1 Å². The van der Waals surface area contributed by atoms with Gasteiger partial charge in [0.15, 0.2) is 14.1 Å². The van der Waals surface area contributed by atoms with Gasteiger partial charge in [0.1, 0.15) is 5.92 Å². The van der Waals surface area contributed by atoms with E-state index in [1.165, 1.54) is 0 Å². The zero-order chi connectivity index (χ0) is 23.6. The number of esters is 1. The van der Waals surface area contributed by atoms with Crippen molar-refractivity contribution in [3.63, 3.8) is 0 Å². The maximum absolute atomic E-state index is 13.2. The molecule has 2 aromatic carbocycles. The first-order chi connectivity index (χ1) is 15.4. The van der Waals surface area contributed by atoms with Gasteiger partial charge in [-0.15, -0.1) is 0 Å². The second-order valence-electron chi connectivity index (χ2n) is 8.47. The molecule has 5 heteroatoms. The van der Waals surface area contributed by atoms with Crippen LogP contribution < -0.4 is 0 Å². The van der Waals surface area contributed by atoms with Crippen LogP contribution in [0.1, 0.15) is 40.2 Å². The lowest BCUT2D eigenvalue weighted by atomic mass is 9.87. The SMILES string of the molecule is CCOC(=O)C(C(=O)Cc1ccc(-c2ccccc2)cc1)C(C)CO[Si](CC)(CC)CC. The van der Waals surface area contributed by atoms with Gasteiger partial charge in [0.2, 0.25) is 0 Å². The Bertz CT molecular complexity index is 835. The topological polar surface area (TPSA) is 52.6 Å². The fourth-order valence-corrected chi connectivity index (χ4v) is 6.86. The van der Waals surface area contributed by atoms with Crippen molar-refractivity contribution in [2.45, 2.75) is 59.2 Å². The average molecular weight is 455 g/mol. The Kier molecular flexibility index (Phi) is 10.3. The number of hydrogen-bond acceptors (Lipinski definition) is 4. The first-order valence-electron chi connectivity index (χ1n) is 11.9. The van der Waals surface area contributed by atoms with Crippen molar-refractivity contribution < 1.29 is 18.8 Å². The smallest absolute Gasteiger partial charge is 0.316 e. The van der Waals surface area contributed by atoms with Crippen LogP contribution in [-0.4, -0.2) is 33.3 Å². The van der Waals surface area contributed by atoms with Crippen molar-refractivity contribution in [3.8, 4) is 11.1 Å². The van der Waals surface area contributed by atoms with Crippen LogP contribution in [-0.2, 0) is 25.2 Å². The van der Waals surface area contributed by atoms with Crippen molar-refractivity contribution in [1.29, 1.82) is 0 Å². The predicted octanol–water partition coefficient (Wildman–Crippen LogP) is 6.30. The molecule has 0 radical (unpaired) electrons. The van der Waals surface area contributed by atoms with Crippen LogP contribution >= 0.6 is 0 Å². The maximum atomic E-state index is 13.2. The van der Waals surface area contributed by atoms with Crippen molar-refractivity contribution >= 4 is 20.1 Å². The lowest BCUT2D eigenvalue weighted by Crippen LogP contribution is -2.41. The summed E-state index contributed by atoms with van der Waals surface area (Å²) in [6, 6.07) is 21.2. The molecule has 32 heavy (non-hydrogen) atoms. The third-order valence-electron chi connectivity index (χ3n) is 6.48. The van der Waals surface area contributed by atoms with Gasteiger partial charge in [0.25, 0.3) is 0 Å². The third-order valence-corrected chi connectivity index (χ3v) is 11.1. The zero-order valence-corrected chi connectivity index (χ0v) is 21.2. The molecule has 4 nitrogen and oxygen atoms in total. The van der Waals surface area contributed by atoms with Gasteiger partial charge in [-0.3, -0.25) is 9.59 Å². The predicted molar refractivity (Wildman–Crippen MR) is 133 cm³/mol. The van der Waals surface area contributed by atoms with Crippen LogP contribution in [0.25, 0.3) is 11.1 Å². The molecule has 0 heterocycles. The second-order valence-corrected chi connectivity index (χ2v) is 13.2. The van der Waals surface area contributed by atoms with Gasteiger partial charge in [-0.25, -0.2) is 0 Å². The van der Waals surface area contributed by atoms with Gasteiger partial charge >= 0.3 is 5.97 Å². The van der Waals surface area contributed by atoms with Crippen LogP contribution in [0.5, 0.6) is 0 Å². The van der Waals surface area contributed by atoms with Gasteiger partial charge in [0.05, 0.1) is 6.61 Å². The standard InChI is InChI=1S/C27H38O4Si/c1-6-30-27(29)26(21(5)20-31-32(7-2,8-3)9-4)25(28)19-22-15-17-24(18-16-22)23-13-11-10-12-14-23/h10-18,21,26H,6-9,19-20H2,1-5H3. The minimum absolute atomic E-state index is 0.108. The highest BCUT2D eigenvalue weighted by atomic mass is 28.4. The number of carbonyl (C=O) groups is 2. The minimum atomic E-state index is -1.79. The molecule has 0 N–H and O–H groups in total. The Balaban J connectivity index is 2.12. The Morgan fingerprint density at radius 2 is 1.41 bits per heavy atom. The Morgan fingerprint density at radius 3 is 1.94 bits per heavy atom. The van der Waals surface area contributed by atoms with Gasteiger partial charge in [-0.2, -0.15) is 0 Å². The molecule has 0 saturated heterocycles. The average Bonchev–Trinajstić information content (AvgIpc) is 2.82. The largest absolute Gasteiger partial charge is 0.465 e. The monoisotopic (exact) mass is 454 g/mol. The number of ether oxygens (including phenoxy) is 1. The molecule has 0 fully saturated rings. The molecule has 0 spiro atoms. The van der Waals surface area contributed by atoms with Gasteiger partial charge in [0, 0.05) is 13.0 Å². The molecule has 174 valence electrons. The van der Waals surface area contributed by atoms with Crippen LogP contribution in [0.15, 0.2) is 54.6 Å². The normalized spacial score (nSPS) is 13.4. The molecule has 0 aromatic heterocycles. The summed E-state index contributed by atoms with van der Waals surface area (Å²) in [7, 11) is -1.79. The molecule has 0 amide bonds. The summed E-state index contributed by atoms with van der Waals surface area (Å²) >= 11 is 0. The molecule has 0 bridgehead atoms. The van der Waals surface area contributed by atoms with Crippen molar-refractivity contribution in [2.24, 2.45) is 11.8 Å². The second kappa shape index (κ2) is 12.7. The molecule has 2 atom stereocenters. The lowest BCUT2D eigenvalue weighted by molar-refractivity contribution is -0.154. The zero-order valence-electron chi connectivity index (χ0n) is 20.2. The molecule has 0 saturated carbocycles. The Hall–Kier alpha value is -2.24. The summed E-state index contributed by atoms with van der Waals surface area (Å²) in [5, 5.41) is 0. The van der Waals surface area contributed by atoms with Gasteiger partial charge in [-0.1, -0.05) is 82.3 Å². The molecule has 0 aliphatic rings. The van der Waals surface area contributed by atoms with Crippen molar-refractivity contribution in [3.05, 3.63) is 60.2 Å². The highest BCUT2D eigenvalue weighted by Crippen LogP contribution is 2.26.